The van der Waals surface area contributed by atoms with Crippen LogP contribution in [0.2, 0.25) is 0 Å². The van der Waals surface area contributed by atoms with Crippen LogP contribution in [-0.4, -0.2) is 17.4 Å². The standard InChI is InChI=1S/C24H30O3/c1-2-23-7-5-14-13-4-3-12(25)9-15(13)16-10-17(16)21(14)22(23)18-11-19(18)24(23)8-6-20(26)27-24/h9,13-14,16-19,21-22H,2-8,10-11H2,1H3/t13?,14-,16-,17-,18-,19+,21?,22+,23+,24+/m1/s1. The topological polar surface area (TPSA) is 43.4 Å². The minimum atomic E-state index is -0.109. The summed E-state index contributed by atoms with van der Waals surface area (Å²) in [4.78, 5) is 24.3. The zero-order chi connectivity index (χ0) is 18.1. The molecule has 0 N–H and O–H groups in total. The highest BCUT2D eigenvalue weighted by molar-refractivity contribution is 5.91. The van der Waals surface area contributed by atoms with Crippen LogP contribution in [0.1, 0.15) is 64.7 Å². The van der Waals surface area contributed by atoms with Crippen molar-refractivity contribution in [2.24, 2.45) is 52.8 Å². The fourth-order valence-corrected chi connectivity index (χ4v) is 9.79. The molecule has 1 saturated heterocycles. The monoisotopic (exact) mass is 366 g/mol. The van der Waals surface area contributed by atoms with Gasteiger partial charge in [-0.2, -0.15) is 0 Å². The van der Waals surface area contributed by atoms with E-state index in [0.29, 0.717) is 30.0 Å². The van der Waals surface area contributed by atoms with E-state index in [1.165, 1.54) is 32.1 Å². The number of ketones is 1. The van der Waals surface area contributed by atoms with Crippen LogP contribution >= 0.6 is 0 Å². The molecule has 7 rings (SSSR count). The number of carbonyl (C=O) groups is 2. The molecule has 5 saturated carbocycles. The maximum absolute atomic E-state index is 12.2. The molecule has 144 valence electrons. The average molecular weight is 367 g/mol. The van der Waals surface area contributed by atoms with Gasteiger partial charge in [0.15, 0.2) is 5.78 Å². The van der Waals surface area contributed by atoms with E-state index in [1.807, 2.05) is 0 Å². The number of fused-ring (bicyclic) bond motifs is 12. The highest BCUT2D eigenvalue weighted by Gasteiger charge is 2.81. The Balaban J connectivity index is 1.32. The molecule has 0 aromatic rings. The zero-order valence-electron chi connectivity index (χ0n) is 16.3. The van der Waals surface area contributed by atoms with E-state index < -0.39 is 0 Å². The third kappa shape index (κ3) is 1.65. The smallest absolute Gasteiger partial charge is 0.306 e. The maximum Gasteiger partial charge on any atom is 0.306 e. The second kappa shape index (κ2) is 4.71. The molecule has 2 unspecified atom stereocenters. The Labute approximate surface area is 161 Å². The van der Waals surface area contributed by atoms with Crippen LogP contribution in [0.4, 0.5) is 0 Å². The van der Waals surface area contributed by atoms with Crippen LogP contribution in [0.15, 0.2) is 11.6 Å². The molecule has 0 radical (unpaired) electrons. The summed E-state index contributed by atoms with van der Waals surface area (Å²) in [6, 6.07) is 0. The van der Waals surface area contributed by atoms with Crippen molar-refractivity contribution in [3.63, 3.8) is 0 Å². The molecule has 1 spiro atoms. The minimum Gasteiger partial charge on any atom is -0.458 e. The van der Waals surface area contributed by atoms with Crippen molar-refractivity contribution in [3.05, 3.63) is 11.6 Å². The molecule has 0 bridgehead atoms. The lowest BCUT2D eigenvalue weighted by molar-refractivity contribution is -0.179. The highest BCUT2D eigenvalue weighted by Crippen LogP contribution is 2.81. The number of allylic oxidation sites excluding steroid dienone is 1. The molecular weight excluding hydrogens is 336 g/mol. The molecule has 6 fully saturated rings. The summed E-state index contributed by atoms with van der Waals surface area (Å²) >= 11 is 0. The molecule has 0 aromatic heterocycles. The van der Waals surface area contributed by atoms with E-state index in [1.54, 1.807) is 5.57 Å². The molecule has 0 aromatic carbocycles. The predicted molar refractivity (Wildman–Crippen MR) is 99.5 cm³/mol. The maximum atomic E-state index is 12.2. The number of carbonyl (C=O) groups excluding carboxylic acids is 2. The van der Waals surface area contributed by atoms with Crippen LogP contribution in [0, 0.1) is 52.8 Å². The lowest BCUT2D eigenvalue weighted by Crippen LogP contribution is -2.56. The van der Waals surface area contributed by atoms with Crippen LogP contribution in [0.5, 0.6) is 0 Å². The van der Waals surface area contributed by atoms with Gasteiger partial charge in [-0.05, 0) is 92.4 Å². The van der Waals surface area contributed by atoms with Crippen LogP contribution < -0.4 is 0 Å². The Morgan fingerprint density at radius 2 is 1.93 bits per heavy atom. The lowest BCUT2D eigenvalue weighted by atomic mass is 9.47. The van der Waals surface area contributed by atoms with Gasteiger partial charge in [-0.25, -0.2) is 0 Å². The van der Waals surface area contributed by atoms with E-state index in [-0.39, 0.29) is 17.0 Å². The van der Waals surface area contributed by atoms with Gasteiger partial charge >= 0.3 is 5.97 Å². The zero-order valence-corrected chi connectivity index (χ0v) is 16.3. The van der Waals surface area contributed by atoms with Gasteiger partial charge in [0.2, 0.25) is 0 Å². The van der Waals surface area contributed by atoms with Gasteiger partial charge < -0.3 is 4.74 Å². The van der Waals surface area contributed by atoms with Crippen molar-refractivity contribution in [2.45, 2.75) is 70.3 Å². The minimum absolute atomic E-state index is 0.0696. The molecule has 10 atom stereocenters. The SMILES string of the molecule is CC[C@]12CC[C@@H]3C4CCC(=O)C=C4[C@H]4C[C@H]4C3[C@@H]1[C@@H]1C[C@@H]1[C@@]21CCC(=O)O1. The Morgan fingerprint density at radius 3 is 2.70 bits per heavy atom. The molecule has 0 amide bonds. The quantitative estimate of drug-likeness (QED) is 0.650. The van der Waals surface area contributed by atoms with Gasteiger partial charge in [0, 0.05) is 24.2 Å². The highest BCUT2D eigenvalue weighted by atomic mass is 16.6. The van der Waals surface area contributed by atoms with Gasteiger partial charge in [0.1, 0.15) is 5.60 Å². The first-order valence-corrected chi connectivity index (χ1v) is 11.6. The van der Waals surface area contributed by atoms with Crippen molar-refractivity contribution >= 4 is 11.8 Å². The fraction of sp³-hybridized carbons (Fsp3) is 0.833. The molecule has 27 heavy (non-hydrogen) atoms. The van der Waals surface area contributed by atoms with Crippen molar-refractivity contribution < 1.29 is 14.3 Å². The van der Waals surface area contributed by atoms with Crippen LogP contribution in [-0.2, 0) is 14.3 Å². The van der Waals surface area contributed by atoms with Gasteiger partial charge in [0.05, 0.1) is 0 Å². The number of hydrogen-bond donors (Lipinski definition) is 0. The van der Waals surface area contributed by atoms with Crippen molar-refractivity contribution in [1.29, 1.82) is 0 Å². The molecular formula is C24H30O3. The average Bonchev–Trinajstić information content (AvgIpc) is 3.57. The molecule has 1 aliphatic heterocycles. The first kappa shape index (κ1) is 15.8. The number of esters is 1. The van der Waals surface area contributed by atoms with Gasteiger partial charge in [0.25, 0.3) is 0 Å². The summed E-state index contributed by atoms with van der Waals surface area (Å²) in [5, 5.41) is 0. The number of ether oxygens (including phenoxy) is 1. The predicted octanol–water partition coefficient (Wildman–Crippen LogP) is 4.31. The van der Waals surface area contributed by atoms with Gasteiger partial charge in [-0.1, -0.05) is 12.5 Å². The third-order valence-corrected chi connectivity index (χ3v) is 10.6. The van der Waals surface area contributed by atoms with Crippen LogP contribution in [0.3, 0.4) is 0 Å². The van der Waals surface area contributed by atoms with E-state index >= 15 is 0 Å². The molecule has 6 aliphatic carbocycles. The van der Waals surface area contributed by atoms with E-state index in [9.17, 15) is 9.59 Å². The van der Waals surface area contributed by atoms with Gasteiger partial charge in [-0.15, -0.1) is 0 Å². The number of rotatable bonds is 1. The van der Waals surface area contributed by atoms with E-state index in [4.69, 9.17) is 4.74 Å². The lowest BCUT2D eigenvalue weighted by Gasteiger charge is -2.58. The second-order valence-electron chi connectivity index (χ2n) is 10.9. The fourth-order valence-electron chi connectivity index (χ4n) is 9.79. The third-order valence-electron chi connectivity index (χ3n) is 10.6. The summed E-state index contributed by atoms with van der Waals surface area (Å²) in [6.07, 6.45) is 12.0. The largest absolute Gasteiger partial charge is 0.458 e. The Kier molecular flexibility index (Phi) is 2.75. The Bertz CT molecular complexity index is 797. The summed E-state index contributed by atoms with van der Waals surface area (Å²) < 4.78 is 6.28. The van der Waals surface area contributed by atoms with Crippen molar-refractivity contribution in [3.8, 4) is 0 Å². The van der Waals surface area contributed by atoms with E-state index in [2.05, 4.69) is 13.0 Å². The molecule has 1 heterocycles. The Morgan fingerprint density at radius 1 is 1.04 bits per heavy atom. The summed E-state index contributed by atoms with van der Waals surface area (Å²) in [5.41, 5.74) is 1.70. The summed E-state index contributed by atoms with van der Waals surface area (Å²) in [6.45, 7) is 2.38. The molecule has 3 heteroatoms. The van der Waals surface area contributed by atoms with Crippen LogP contribution in [0.25, 0.3) is 0 Å². The van der Waals surface area contributed by atoms with Crippen molar-refractivity contribution in [2.75, 3.05) is 0 Å². The van der Waals surface area contributed by atoms with E-state index in [0.717, 1.165) is 48.9 Å². The summed E-state index contributed by atoms with van der Waals surface area (Å²) in [5.74, 6) is 6.58. The van der Waals surface area contributed by atoms with Gasteiger partial charge in [-0.3, -0.25) is 9.59 Å². The number of hydrogen-bond acceptors (Lipinski definition) is 3. The van der Waals surface area contributed by atoms with Crippen molar-refractivity contribution in [1.82, 2.24) is 0 Å². The Hall–Kier alpha value is -1.12. The first-order valence-electron chi connectivity index (χ1n) is 11.6. The summed E-state index contributed by atoms with van der Waals surface area (Å²) in [7, 11) is 0. The second-order valence-corrected chi connectivity index (χ2v) is 10.9. The molecule has 7 aliphatic rings. The first-order chi connectivity index (χ1) is 13.1. The normalized spacial score (nSPS) is 59.2. The molecule has 3 nitrogen and oxygen atoms in total.